The lowest BCUT2D eigenvalue weighted by Crippen LogP contribution is -2.00. The van der Waals surface area contributed by atoms with Gasteiger partial charge in [-0.2, -0.15) is 5.26 Å². The summed E-state index contributed by atoms with van der Waals surface area (Å²) in [5.74, 6) is 1.65. The van der Waals surface area contributed by atoms with Crippen molar-refractivity contribution in [2.24, 2.45) is 0 Å². The van der Waals surface area contributed by atoms with E-state index in [4.69, 9.17) is 19.4 Å². The maximum Gasteiger partial charge on any atom is 0.164 e. The summed E-state index contributed by atoms with van der Waals surface area (Å²) >= 11 is 0. The molecule has 256 valence electrons. The van der Waals surface area contributed by atoms with Crippen molar-refractivity contribution in [2.45, 2.75) is 0 Å². The summed E-state index contributed by atoms with van der Waals surface area (Å²) in [6.45, 7) is 0. The molecule has 8 aromatic carbocycles. The van der Waals surface area contributed by atoms with Crippen molar-refractivity contribution < 1.29 is 4.42 Å². The van der Waals surface area contributed by atoms with E-state index in [0.717, 1.165) is 82.8 Å². The van der Waals surface area contributed by atoms with E-state index in [0.29, 0.717) is 23.0 Å². The first-order chi connectivity index (χ1) is 27.2. The number of furan rings is 1. The molecule has 0 atom stereocenters. The molecule has 0 spiro atoms. The van der Waals surface area contributed by atoms with E-state index in [2.05, 4.69) is 91.0 Å². The monoisotopic (exact) mass is 702 g/mol. The van der Waals surface area contributed by atoms with E-state index in [1.807, 2.05) is 97.1 Å². The summed E-state index contributed by atoms with van der Waals surface area (Å²) < 4.78 is 6.49. The Hall–Kier alpha value is -7.68. The zero-order chi connectivity index (χ0) is 36.7. The summed E-state index contributed by atoms with van der Waals surface area (Å²) in [4.78, 5) is 15.3. The zero-order valence-electron chi connectivity index (χ0n) is 29.5. The van der Waals surface area contributed by atoms with Gasteiger partial charge < -0.3 is 4.42 Å². The molecule has 2 heterocycles. The highest BCUT2D eigenvalue weighted by atomic mass is 16.3. The van der Waals surface area contributed by atoms with Crippen LogP contribution in [0.3, 0.4) is 0 Å². The predicted octanol–water partition coefficient (Wildman–Crippen LogP) is 12.8. The zero-order valence-corrected chi connectivity index (χ0v) is 29.5. The molecule has 55 heavy (non-hydrogen) atoms. The second-order valence-corrected chi connectivity index (χ2v) is 13.5. The number of fused-ring (bicyclic) bond motifs is 4. The number of rotatable bonds is 6. The van der Waals surface area contributed by atoms with Gasteiger partial charge in [0.15, 0.2) is 17.5 Å². The highest BCUT2D eigenvalue weighted by Gasteiger charge is 2.17. The topological polar surface area (TPSA) is 75.6 Å². The summed E-state index contributed by atoms with van der Waals surface area (Å²) in [6, 6.07) is 64.0. The van der Waals surface area contributed by atoms with E-state index < -0.39 is 0 Å². The molecule has 5 heteroatoms. The van der Waals surface area contributed by atoms with Crippen LogP contribution in [0.1, 0.15) is 5.56 Å². The third kappa shape index (κ3) is 5.89. The molecule has 10 rings (SSSR count). The molecule has 0 saturated heterocycles. The Balaban J connectivity index is 1.13. The summed E-state index contributed by atoms with van der Waals surface area (Å²) in [5.41, 5.74) is 11.1. The highest BCUT2D eigenvalue weighted by molar-refractivity contribution is 6.13. The molecule has 0 bridgehead atoms. The molecule has 0 aliphatic heterocycles. The van der Waals surface area contributed by atoms with Crippen LogP contribution in [-0.4, -0.2) is 15.0 Å². The second kappa shape index (κ2) is 13.4. The van der Waals surface area contributed by atoms with Gasteiger partial charge in [0.1, 0.15) is 11.2 Å². The van der Waals surface area contributed by atoms with Crippen molar-refractivity contribution in [1.29, 1.82) is 5.26 Å². The fourth-order valence-corrected chi connectivity index (χ4v) is 7.46. The van der Waals surface area contributed by atoms with E-state index in [9.17, 15) is 5.26 Å². The summed E-state index contributed by atoms with van der Waals surface area (Å²) in [6.07, 6.45) is 0. The third-order valence-electron chi connectivity index (χ3n) is 10.1. The van der Waals surface area contributed by atoms with Crippen molar-refractivity contribution in [3.8, 4) is 73.6 Å². The molecule has 0 unspecified atom stereocenters. The van der Waals surface area contributed by atoms with Crippen LogP contribution in [0.2, 0.25) is 0 Å². The molecule has 0 fully saturated rings. The largest absolute Gasteiger partial charge is 0.456 e. The van der Waals surface area contributed by atoms with E-state index in [1.54, 1.807) is 0 Å². The second-order valence-electron chi connectivity index (χ2n) is 13.5. The van der Waals surface area contributed by atoms with Crippen LogP contribution < -0.4 is 0 Å². The minimum atomic E-state index is 0.540. The standard InChI is InChI=1S/C50H30N4O/c51-31-41-29-40(28-36-16-7-8-21-42(36)41)35-18-10-20-38(27-35)49-52-48(37-19-9-17-34(26-37)32-12-3-1-4-13-32)53-50(54-49)39-24-25-44-46(30-39)55-45-23-11-22-43(47(44)45)33-14-5-2-6-15-33/h1-30H. The van der Waals surface area contributed by atoms with Gasteiger partial charge in [-0.1, -0.05) is 140 Å². The maximum atomic E-state index is 10.00. The van der Waals surface area contributed by atoms with Crippen molar-refractivity contribution in [1.82, 2.24) is 15.0 Å². The first kappa shape index (κ1) is 32.0. The molecule has 0 aliphatic carbocycles. The van der Waals surface area contributed by atoms with Gasteiger partial charge in [-0.15, -0.1) is 0 Å². The minimum absolute atomic E-state index is 0.540. The molecular weight excluding hydrogens is 673 g/mol. The number of hydrogen-bond acceptors (Lipinski definition) is 5. The SMILES string of the molecule is N#Cc1cc(-c2cccc(-c3nc(-c4cccc(-c5ccccc5)c4)nc(-c4ccc5c(c4)oc4cccc(-c6ccccc6)c45)n3)c2)cc2ccccc12. The van der Waals surface area contributed by atoms with Gasteiger partial charge in [-0.3, -0.25) is 0 Å². The van der Waals surface area contributed by atoms with Gasteiger partial charge in [-0.25, -0.2) is 15.0 Å². The fraction of sp³-hybridized carbons (Fsp3) is 0. The summed E-state index contributed by atoms with van der Waals surface area (Å²) in [7, 11) is 0. The lowest BCUT2D eigenvalue weighted by molar-refractivity contribution is 0.669. The number of aromatic nitrogens is 3. The van der Waals surface area contributed by atoms with Gasteiger partial charge in [0.05, 0.1) is 11.6 Å². The Kier molecular flexibility index (Phi) is 7.79. The van der Waals surface area contributed by atoms with Crippen molar-refractivity contribution in [3.05, 3.63) is 188 Å². The number of nitrogens with zero attached hydrogens (tertiary/aromatic N) is 4. The molecule has 0 radical (unpaired) electrons. The van der Waals surface area contributed by atoms with Gasteiger partial charge in [0.25, 0.3) is 0 Å². The average molecular weight is 703 g/mol. The summed E-state index contributed by atoms with van der Waals surface area (Å²) in [5, 5.41) is 14.1. The van der Waals surface area contributed by atoms with E-state index in [-0.39, 0.29) is 0 Å². The van der Waals surface area contributed by atoms with Crippen LogP contribution >= 0.6 is 0 Å². The van der Waals surface area contributed by atoms with E-state index in [1.165, 1.54) is 0 Å². The molecular formula is C50H30N4O. The Bertz CT molecular complexity index is 3110. The van der Waals surface area contributed by atoms with Crippen LogP contribution in [-0.2, 0) is 0 Å². The Morgan fingerprint density at radius 3 is 1.64 bits per heavy atom. The third-order valence-corrected chi connectivity index (χ3v) is 10.1. The van der Waals surface area contributed by atoms with Crippen LogP contribution in [0.5, 0.6) is 0 Å². The predicted molar refractivity (Wildman–Crippen MR) is 222 cm³/mol. The number of benzene rings is 8. The quantitative estimate of drug-likeness (QED) is 0.172. The molecule has 5 nitrogen and oxygen atoms in total. The highest BCUT2D eigenvalue weighted by Crippen LogP contribution is 2.39. The first-order valence-corrected chi connectivity index (χ1v) is 18.2. The minimum Gasteiger partial charge on any atom is -0.456 e. The van der Waals surface area contributed by atoms with Gasteiger partial charge in [0.2, 0.25) is 0 Å². The molecule has 10 aromatic rings. The average Bonchev–Trinajstić information content (AvgIpc) is 3.65. The van der Waals surface area contributed by atoms with Gasteiger partial charge >= 0.3 is 0 Å². The number of hydrogen-bond donors (Lipinski definition) is 0. The fourth-order valence-electron chi connectivity index (χ4n) is 7.46. The molecule has 0 amide bonds. The first-order valence-electron chi connectivity index (χ1n) is 18.2. The number of nitriles is 1. The lowest BCUT2D eigenvalue weighted by atomic mass is 9.96. The van der Waals surface area contributed by atoms with Crippen molar-refractivity contribution in [2.75, 3.05) is 0 Å². The lowest BCUT2D eigenvalue weighted by Gasteiger charge is -2.11. The Morgan fingerprint density at radius 2 is 0.945 bits per heavy atom. The van der Waals surface area contributed by atoms with Crippen LogP contribution in [0.15, 0.2) is 186 Å². The van der Waals surface area contributed by atoms with E-state index >= 15 is 0 Å². The smallest absolute Gasteiger partial charge is 0.164 e. The molecule has 0 N–H and O–H groups in total. The Labute approximate surface area is 317 Å². The maximum absolute atomic E-state index is 10.00. The Morgan fingerprint density at radius 1 is 0.382 bits per heavy atom. The molecule has 0 aliphatic rings. The molecule has 0 saturated carbocycles. The van der Waals surface area contributed by atoms with Crippen LogP contribution in [0, 0.1) is 11.3 Å². The van der Waals surface area contributed by atoms with Gasteiger partial charge in [0, 0.05) is 27.5 Å². The van der Waals surface area contributed by atoms with Crippen LogP contribution in [0.25, 0.3) is 100 Å². The normalized spacial score (nSPS) is 11.3. The van der Waals surface area contributed by atoms with Crippen molar-refractivity contribution >= 4 is 32.7 Å². The molecule has 2 aromatic heterocycles. The van der Waals surface area contributed by atoms with Gasteiger partial charge in [-0.05, 0) is 86.6 Å². The van der Waals surface area contributed by atoms with Crippen LogP contribution in [0.4, 0.5) is 0 Å². The van der Waals surface area contributed by atoms with Crippen molar-refractivity contribution in [3.63, 3.8) is 0 Å².